The maximum atomic E-state index is 12.6. The highest BCUT2D eigenvalue weighted by Crippen LogP contribution is 2.41. The average molecular weight is 330 g/mol. The Morgan fingerprint density at radius 2 is 2.10 bits per heavy atom. The van der Waals surface area contributed by atoms with Crippen molar-refractivity contribution in [2.45, 2.75) is 10.4 Å². The van der Waals surface area contributed by atoms with Crippen LogP contribution in [0.5, 0.6) is 0 Å². The molecule has 1 aromatic carbocycles. The Balaban J connectivity index is 1.95. The Morgan fingerprint density at radius 1 is 1.35 bits per heavy atom. The summed E-state index contributed by atoms with van der Waals surface area (Å²) in [7, 11) is -3.54. The van der Waals surface area contributed by atoms with Crippen molar-refractivity contribution >= 4 is 33.4 Å². The zero-order valence-electron chi connectivity index (χ0n) is 10.4. The summed E-state index contributed by atoms with van der Waals surface area (Å²) in [6.07, 6.45) is 2.70. The first-order chi connectivity index (χ1) is 9.59. The second-order valence-corrected chi connectivity index (χ2v) is 7.79. The summed E-state index contributed by atoms with van der Waals surface area (Å²) in [5.41, 5.74) is 0.931. The average Bonchev–Trinajstić information content (AvgIpc) is 3.11. The largest absolute Gasteiger partial charge is 0.335 e. The molecule has 1 fully saturated rings. The number of rotatable bonds is 3. The number of hydrogen-bond acceptors (Lipinski definition) is 4. The van der Waals surface area contributed by atoms with Gasteiger partial charge in [-0.25, -0.2) is 13.4 Å². The first-order valence-electron chi connectivity index (χ1n) is 5.96. The van der Waals surface area contributed by atoms with Crippen LogP contribution in [0.15, 0.2) is 41.8 Å². The van der Waals surface area contributed by atoms with Gasteiger partial charge < -0.3 is 4.98 Å². The van der Waals surface area contributed by atoms with E-state index in [2.05, 4.69) is 9.97 Å². The minimum Gasteiger partial charge on any atom is -0.335 e. The lowest BCUT2D eigenvalue weighted by Crippen LogP contribution is -2.30. The van der Waals surface area contributed by atoms with Crippen molar-refractivity contribution < 1.29 is 8.42 Å². The van der Waals surface area contributed by atoms with Crippen molar-refractivity contribution in [1.29, 1.82) is 0 Å². The number of H-pyrrole nitrogens is 1. The van der Waals surface area contributed by atoms with E-state index in [0.717, 1.165) is 11.3 Å². The SMILES string of the molecule is O=S(=O)(c1cnc[nH]1)N1CCSC1c1ccc(Cl)cc1. The van der Waals surface area contributed by atoms with Crippen LogP contribution >= 0.6 is 23.4 Å². The number of sulfonamides is 1. The smallest absolute Gasteiger partial charge is 0.261 e. The number of imidazole rings is 1. The van der Waals surface area contributed by atoms with E-state index in [0.29, 0.717) is 11.6 Å². The van der Waals surface area contributed by atoms with Crippen molar-refractivity contribution in [3.8, 4) is 0 Å². The molecule has 1 N–H and O–H groups in total. The van der Waals surface area contributed by atoms with Crippen LogP contribution in [-0.4, -0.2) is 35.0 Å². The van der Waals surface area contributed by atoms with Gasteiger partial charge in [0.1, 0.15) is 0 Å². The molecule has 2 aromatic rings. The molecule has 0 aliphatic carbocycles. The van der Waals surface area contributed by atoms with Crippen molar-refractivity contribution in [2.24, 2.45) is 0 Å². The molecule has 0 amide bonds. The molecule has 1 aromatic heterocycles. The Bertz CT molecular complexity index is 686. The van der Waals surface area contributed by atoms with Gasteiger partial charge in [0.05, 0.1) is 17.9 Å². The number of halogens is 1. The van der Waals surface area contributed by atoms with Crippen molar-refractivity contribution in [3.63, 3.8) is 0 Å². The third-order valence-electron chi connectivity index (χ3n) is 3.06. The fourth-order valence-corrected chi connectivity index (χ4v) is 5.37. The van der Waals surface area contributed by atoms with Gasteiger partial charge in [0, 0.05) is 17.3 Å². The Labute approximate surface area is 126 Å². The van der Waals surface area contributed by atoms with Crippen LogP contribution in [0.3, 0.4) is 0 Å². The summed E-state index contributed by atoms with van der Waals surface area (Å²) in [6.45, 7) is 0.485. The van der Waals surface area contributed by atoms with Gasteiger partial charge in [0.15, 0.2) is 5.03 Å². The highest BCUT2D eigenvalue weighted by molar-refractivity contribution is 8.00. The zero-order valence-corrected chi connectivity index (χ0v) is 12.7. The van der Waals surface area contributed by atoms with Gasteiger partial charge in [0.2, 0.25) is 0 Å². The van der Waals surface area contributed by atoms with Crippen LogP contribution in [0.1, 0.15) is 10.9 Å². The van der Waals surface area contributed by atoms with Crippen LogP contribution in [0, 0.1) is 0 Å². The quantitative estimate of drug-likeness (QED) is 0.939. The first kappa shape index (κ1) is 13.9. The van der Waals surface area contributed by atoms with E-state index in [-0.39, 0.29) is 10.4 Å². The summed E-state index contributed by atoms with van der Waals surface area (Å²) in [4.78, 5) is 6.45. The molecule has 8 heteroatoms. The number of hydrogen-bond donors (Lipinski definition) is 1. The predicted octanol–water partition coefficient (Wildman–Crippen LogP) is 2.50. The molecule has 0 spiro atoms. The first-order valence-corrected chi connectivity index (χ1v) is 8.83. The van der Waals surface area contributed by atoms with Crippen LogP contribution in [-0.2, 0) is 10.0 Å². The molecule has 1 atom stereocenters. The van der Waals surface area contributed by atoms with Crippen LogP contribution in [0.4, 0.5) is 0 Å². The van der Waals surface area contributed by atoms with Gasteiger partial charge in [0.25, 0.3) is 10.0 Å². The lowest BCUT2D eigenvalue weighted by molar-refractivity contribution is 0.432. The van der Waals surface area contributed by atoms with Gasteiger partial charge >= 0.3 is 0 Å². The molecule has 1 aliphatic heterocycles. The molecule has 1 unspecified atom stereocenters. The molecule has 5 nitrogen and oxygen atoms in total. The topological polar surface area (TPSA) is 66.1 Å². The number of aromatic nitrogens is 2. The van der Waals surface area contributed by atoms with E-state index >= 15 is 0 Å². The number of nitrogens with one attached hydrogen (secondary N) is 1. The fraction of sp³-hybridized carbons (Fsp3) is 0.250. The summed E-state index contributed by atoms with van der Waals surface area (Å²) >= 11 is 7.48. The molecule has 1 aliphatic rings. The zero-order chi connectivity index (χ0) is 14.2. The lowest BCUT2D eigenvalue weighted by Gasteiger charge is -2.22. The lowest BCUT2D eigenvalue weighted by atomic mass is 10.2. The second-order valence-electron chi connectivity index (χ2n) is 4.31. The van der Waals surface area contributed by atoms with Gasteiger partial charge in [-0.2, -0.15) is 4.31 Å². The molecular formula is C12H12ClN3O2S2. The molecule has 1 saturated heterocycles. The Kier molecular flexibility index (Phi) is 3.76. The molecular weight excluding hydrogens is 318 g/mol. The van der Waals surface area contributed by atoms with Gasteiger partial charge in [-0.1, -0.05) is 23.7 Å². The number of nitrogens with zero attached hydrogens (tertiary/aromatic N) is 2. The summed E-state index contributed by atoms with van der Waals surface area (Å²) in [5, 5.41) is 0.541. The van der Waals surface area contributed by atoms with Crippen LogP contribution in [0.2, 0.25) is 5.02 Å². The number of benzene rings is 1. The van der Waals surface area contributed by atoms with Gasteiger partial charge in [-0.05, 0) is 17.7 Å². The summed E-state index contributed by atoms with van der Waals surface area (Å²) in [6, 6.07) is 7.27. The molecule has 0 bridgehead atoms. The second kappa shape index (κ2) is 5.40. The normalized spacial score (nSPS) is 20.4. The highest BCUT2D eigenvalue weighted by atomic mass is 35.5. The Morgan fingerprint density at radius 3 is 2.75 bits per heavy atom. The van der Waals surface area contributed by atoms with E-state index in [9.17, 15) is 8.42 Å². The Hall–Kier alpha value is -1.02. The third-order valence-corrected chi connectivity index (χ3v) is 6.50. The van der Waals surface area contributed by atoms with E-state index in [1.54, 1.807) is 23.9 Å². The van der Waals surface area contributed by atoms with Crippen molar-refractivity contribution in [3.05, 3.63) is 47.4 Å². The standard InChI is InChI=1S/C12H12ClN3O2S2/c13-10-3-1-9(2-4-10)12-16(5-6-19-12)20(17,18)11-7-14-8-15-11/h1-4,7-8,12H,5-6H2,(H,14,15). The minimum atomic E-state index is -3.54. The van der Waals surface area contributed by atoms with Crippen LogP contribution in [0.25, 0.3) is 0 Å². The van der Waals surface area contributed by atoms with E-state index in [4.69, 9.17) is 11.6 Å². The van der Waals surface area contributed by atoms with E-state index in [1.165, 1.54) is 16.8 Å². The van der Waals surface area contributed by atoms with Gasteiger partial charge in [-0.15, -0.1) is 11.8 Å². The molecule has 106 valence electrons. The number of aromatic amines is 1. The van der Waals surface area contributed by atoms with E-state index in [1.807, 2.05) is 12.1 Å². The van der Waals surface area contributed by atoms with Crippen molar-refractivity contribution in [1.82, 2.24) is 14.3 Å². The van der Waals surface area contributed by atoms with E-state index < -0.39 is 10.0 Å². The molecule has 0 radical (unpaired) electrons. The van der Waals surface area contributed by atoms with Crippen LogP contribution < -0.4 is 0 Å². The molecule has 20 heavy (non-hydrogen) atoms. The summed E-state index contributed by atoms with van der Waals surface area (Å²) in [5.74, 6) is 0.765. The fourth-order valence-electron chi connectivity index (χ4n) is 2.10. The van der Waals surface area contributed by atoms with Gasteiger partial charge in [-0.3, -0.25) is 0 Å². The monoisotopic (exact) mass is 329 g/mol. The third kappa shape index (κ3) is 2.46. The maximum Gasteiger partial charge on any atom is 0.261 e. The summed E-state index contributed by atoms with van der Waals surface area (Å²) < 4.78 is 26.6. The van der Waals surface area contributed by atoms with Crippen molar-refractivity contribution in [2.75, 3.05) is 12.3 Å². The highest BCUT2D eigenvalue weighted by Gasteiger charge is 2.37. The maximum absolute atomic E-state index is 12.6. The number of thioether (sulfide) groups is 1. The molecule has 3 rings (SSSR count). The molecule has 0 saturated carbocycles. The molecule has 2 heterocycles. The minimum absolute atomic E-state index is 0.124. The predicted molar refractivity (Wildman–Crippen MR) is 79.1 cm³/mol.